The molecule has 8 nitrogen and oxygen atoms in total. The number of aliphatic hydroxyl groups excluding tert-OH is 1. The number of benzene rings is 1. The highest BCUT2D eigenvalue weighted by Gasteiger charge is 2.76. The summed E-state index contributed by atoms with van der Waals surface area (Å²) in [5.41, 5.74) is -1.13. The number of hydrogen-bond acceptors (Lipinski definition) is 6. The number of allylic oxidation sites excluding steroid dienone is 1. The van der Waals surface area contributed by atoms with E-state index < -0.39 is 47.1 Å². The van der Waals surface area contributed by atoms with Gasteiger partial charge in [0.2, 0.25) is 11.8 Å². The van der Waals surface area contributed by atoms with Gasteiger partial charge in [-0.15, -0.1) is 13.2 Å². The monoisotopic (exact) mass is 580 g/mol. The molecular weight excluding hydrogens is 532 g/mol. The molecule has 3 aliphatic heterocycles. The molecule has 42 heavy (non-hydrogen) atoms. The first kappa shape index (κ1) is 32.0. The van der Waals surface area contributed by atoms with Crippen LogP contribution in [0, 0.1) is 17.3 Å². The van der Waals surface area contributed by atoms with Crippen LogP contribution in [0.15, 0.2) is 55.6 Å². The van der Waals surface area contributed by atoms with Crippen LogP contribution in [0.4, 0.5) is 0 Å². The quantitative estimate of drug-likeness (QED) is 0.204. The van der Waals surface area contributed by atoms with Crippen molar-refractivity contribution < 1.29 is 29.0 Å². The summed E-state index contributed by atoms with van der Waals surface area (Å²) in [5, 5.41) is 10.7. The Morgan fingerprint density at radius 3 is 2.48 bits per heavy atom. The Morgan fingerprint density at radius 1 is 1.19 bits per heavy atom. The van der Waals surface area contributed by atoms with Crippen LogP contribution in [0.25, 0.3) is 0 Å². The molecule has 2 bridgehead atoms. The number of esters is 1. The number of carbonyl (C=O) groups is 3. The van der Waals surface area contributed by atoms with Crippen LogP contribution in [0.2, 0.25) is 0 Å². The number of unbranched alkanes of at least 4 members (excludes halogenated alkanes) is 1. The molecule has 3 aliphatic rings. The minimum atomic E-state index is -1.19. The first-order valence-corrected chi connectivity index (χ1v) is 15.2. The number of likely N-dealkylation sites (tertiary alicyclic amines) is 1. The molecule has 1 aromatic carbocycles. The Hall–Kier alpha value is -2.97. The van der Waals surface area contributed by atoms with E-state index in [4.69, 9.17) is 9.47 Å². The zero-order valence-electron chi connectivity index (χ0n) is 25.9. The molecule has 0 radical (unpaired) electrons. The number of carbonyl (C=O) groups excluding carboxylic acids is 3. The van der Waals surface area contributed by atoms with Gasteiger partial charge in [0.15, 0.2) is 0 Å². The summed E-state index contributed by atoms with van der Waals surface area (Å²) in [6, 6.07) is 7.44. The average Bonchev–Trinajstić information content (AvgIpc) is 3.57. The molecule has 0 aliphatic carbocycles. The Bertz CT molecular complexity index is 1170. The summed E-state index contributed by atoms with van der Waals surface area (Å²) in [5.74, 6) is -2.74. The number of amides is 2. The average molecular weight is 581 g/mol. The number of aliphatic hydroxyl groups is 1. The summed E-state index contributed by atoms with van der Waals surface area (Å²) in [6.45, 7) is 18.2. The Morgan fingerprint density at radius 2 is 1.88 bits per heavy atom. The van der Waals surface area contributed by atoms with Crippen LogP contribution in [-0.4, -0.2) is 75.7 Å². The fourth-order valence-corrected chi connectivity index (χ4v) is 7.81. The van der Waals surface area contributed by atoms with Crippen LogP contribution in [0.3, 0.4) is 0 Å². The van der Waals surface area contributed by atoms with Crippen LogP contribution < -0.4 is 0 Å². The predicted molar refractivity (Wildman–Crippen MR) is 161 cm³/mol. The summed E-state index contributed by atoms with van der Waals surface area (Å²) in [7, 11) is 0. The van der Waals surface area contributed by atoms with E-state index in [1.54, 1.807) is 17.1 Å². The maximum Gasteiger partial charge on any atom is 0.312 e. The third kappa shape index (κ3) is 5.80. The lowest BCUT2D eigenvalue weighted by atomic mass is 9.70. The van der Waals surface area contributed by atoms with Crippen LogP contribution >= 0.6 is 0 Å². The molecule has 4 rings (SSSR count). The minimum Gasteiger partial charge on any atom is -0.465 e. The van der Waals surface area contributed by atoms with E-state index in [2.05, 4.69) is 33.9 Å². The zero-order valence-corrected chi connectivity index (χ0v) is 25.9. The molecule has 3 fully saturated rings. The molecular formula is C34H48N2O6. The van der Waals surface area contributed by atoms with Gasteiger partial charge in [0, 0.05) is 12.1 Å². The van der Waals surface area contributed by atoms with Crippen LogP contribution in [0.1, 0.15) is 78.3 Å². The summed E-state index contributed by atoms with van der Waals surface area (Å²) >= 11 is 0. The lowest BCUT2D eigenvalue weighted by Gasteiger charge is -2.46. The van der Waals surface area contributed by atoms with Crippen molar-refractivity contribution in [3.8, 4) is 0 Å². The van der Waals surface area contributed by atoms with E-state index in [0.29, 0.717) is 37.7 Å². The molecule has 0 aromatic heterocycles. The number of rotatable bonds is 13. The van der Waals surface area contributed by atoms with Gasteiger partial charge in [0.25, 0.3) is 0 Å². The van der Waals surface area contributed by atoms with E-state index in [0.717, 1.165) is 0 Å². The second kappa shape index (κ2) is 12.3. The topological polar surface area (TPSA) is 96.4 Å². The molecule has 1 aromatic rings. The van der Waals surface area contributed by atoms with E-state index in [1.165, 1.54) is 4.90 Å². The van der Waals surface area contributed by atoms with E-state index >= 15 is 0 Å². The number of hydrogen-bond donors (Lipinski definition) is 1. The van der Waals surface area contributed by atoms with Gasteiger partial charge in [-0.1, -0.05) is 63.3 Å². The van der Waals surface area contributed by atoms with Gasteiger partial charge >= 0.3 is 5.97 Å². The Labute approximate surface area is 250 Å². The molecule has 2 amide bonds. The van der Waals surface area contributed by atoms with Crippen molar-refractivity contribution in [3.05, 3.63) is 61.2 Å². The van der Waals surface area contributed by atoms with Crippen LogP contribution in [-0.2, 0) is 23.9 Å². The maximum atomic E-state index is 14.9. The van der Waals surface area contributed by atoms with Crippen LogP contribution in [0.5, 0.6) is 0 Å². The van der Waals surface area contributed by atoms with Crippen molar-refractivity contribution in [1.82, 2.24) is 9.80 Å². The molecule has 230 valence electrons. The SMILES string of the molecule is C=CCCCOC(=O)[C@@H]1[C@@H]2CCC3(O2)C(C(=O)N(CC=C)C(C)(C)CC(C)(C)C)N([C@H](CO)c2ccccc2)C(=O)[C@H]13. The molecule has 1 spiro atoms. The Kier molecular flexibility index (Phi) is 9.38. The lowest BCUT2D eigenvalue weighted by molar-refractivity contribution is -0.158. The first-order chi connectivity index (χ1) is 19.8. The van der Waals surface area contributed by atoms with Crippen molar-refractivity contribution >= 4 is 17.8 Å². The second-order valence-corrected chi connectivity index (χ2v) is 13.8. The van der Waals surface area contributed by atoms with Gasteiger partial charge in [-0.05, 0) is 56.9 Å². The summed E-state index contributed by atoms with van der Waals surface area (Å²) < 4.78 is 12.3. The molecule has 6 atom stereocenters. The van der Waals surface area contributed by atoms with Crippen molar-refractivity contribution in [2.45, 2.75) is 96.1 Å². The van der Waals surface area contributed by atoms with Crippen molar-refractivity contribution in [2.24, 2.45) is 17.3 Å². The normalized spacial score (nSPS) is 27.5. The number of nitrogens with zero attached hydrogens (tertiary/aromatic N) is 2. The summed E-state index contributed by atoms with van der Waals surface area (Å²) in [6.07, 6.45) is 6.07. The lowest BCUT2D eigenvalue weighted by Crippen LogP contribution is -2.61. The highest BCUT2D eigenvalue weighted by atomic mass is 16.6. The maximum absolute atomic E-state index is 14.9. The zero-order chi connectivity index (χ0) is 30.9. The second-order valence-electron chi connectivity index (χ2n) is 13.8. The highest BCUT2D eigenvalue weighted by molar-refractivity contribution is 5.98. The minimum absolute atomic E-state index is 0.0738. The molecule has 3 heterocycles. The standard InChI is InChI=1S/C34H48N2O6/c1-8-10-14-20-41-31(40)26-25-17-18-34(42-25)27(26)29(38)36(24(21-37)23-15-12-11-13-16-23)28(34)30(39)35(19-9-2)33(6,7)22-32(3,4)5/h8-9,11-13,15-16,24-28,37H,1-2,10,14,17-22H2,3-7H3/t24-,25+,26-,27+,28?,34?/m1/s1. The molecule has 3 saturated heterocycles. The van der Waals surface area contributed by atoms with E-state index in [9.17, 15) is 19.5 Å². The van der Waals surface area contributed by atoms with Gasteiger partial charge in [-0.2, -0.15) is 0 Å². The smallest absolute Gasteiger partial charge is 0.312 e. The predicted octanol–water partition coefficient (Wildman–Crippen LogP) is 4.83. The molecule has 2 unspecified atom stereocenters. The van der Waals surface area contributed by atoms with Gasteiger partial charge in [-0.25, -0.2) is 0 Å². The fraction of sp³-hybridized carbons (Fsp3) is 0.618. The van der Waals surface area contributed by atoms with Gasteiger partial charge in [-0.3, -0.25) is 14.4 Å². The molecule has 8 heteroatoms. The first-order valence-electron chi connectivity index (χ1n) is 15.2. The molecule has 1 N–H and O–H groups in total. The fourth-order valence-electron chi connectivity index (χ4n) is 7.81. The highest BCUT2D eigenvalue weighted by Crippen LogP contribution is 2.60. The van der Waals surface area contributed by atoms with Gasteiger partial charge in [0.1, 0.15) is 11.6 Å². The third-order valence-electron chi connectivity index (χ3n) is 9.01. The summed E-state index contributed by atoms with van der Waals surface area (Å²) in [4.78, 5) is 46.2. The Balaban J connectivity index is 1.80. The molecule has 0 saturated carbocycles. The van der Waals surface area contributed by atoms with Crippen molar-refractivity contribution in [3.63, 3.8) is 0 Å². The van der Waals surface area contributed by atoms with Crippen molar-refractivity contribution in [2.75, 3.05) is 19.8 Å². The number of fused-ring (bicyclic) bond motifs is 1. The van der Waals surface area contributed by atoms with E-state index in [-0.39, 0.29) is 37.0 Å². The van der Waals surface area contributed by atoms with Gasteiger partial charge in [0.05, 0.1) is 37.2 Å². The third-order valence-corrected chi connectivity index (χ3v) is 9.01. The number of ether oxygens (including phenoxy) is 2. The largest absolute Gasteiger partial charge is 0.465 e. The van der Waals surface area contributed by atoms with E-state index in [1.807, 2.05) is 44.2 Å². The van der Waals surface area contributed by atoms with Gasteiger partial charge < -0.3 is 24.4 Å². The van der Waals surface area contributed by atoms with Crippen molar-refractivity contribution in [1.29, 1.82) is 0 Å².